The van der Waals surface area contributed by atoms with Crippen LogP contribution in [0.1, 0.15) is 22.8 Å². The molecule has 0 saturated heterocycles. The van der Waals surface area contributed by atoms with Crippen molar-refractivity contribution in [1.82, 2.24) is 4.98 Å². The van der Waals surface area contributed by atoms with Crippen molar-refractivity contribution in [3.63, 3.8) is 0 Å². The lowest BCUT2D eigenvalue weighted by molar-refractivity contribution is -0.137. The molecule has 8 heteroatoms. The third-order valence-electron chi connectivity index (χ3n) is 3.52. The van der Waals surface area contributed by atoms with Gasteiger partial charge in [-0.05, 0) is 23.8 Å². The number of benzene rings is 1. The van der Waals surface area contributed by atoms with Crippen LogP contribution in [0.25, 0.3) is 5.57 Å². The number of rotatable bonds is 2. The summed E-state index contributed by atoms with van der Waals surface area (Å²) in [5.74, 6) is -0.764. The van der Waals surface area contributed by atoms with E-state index in [1.54, 1.807) is 12.1 Å². The monoisotopic (exact) mass is 354 g/mol. The number of carbonyl (C=O) groups is 1. The van der Waals surface area contributed by atoms with Crippen LogP contribution in [0, 0.1) is 0 Å². The number of aromatic nitrogens is 1. The molecular formula is C16H10ClF3N2O2. The number of Topliss-reactive ketones (excluding diaryl/α,β-unsaturated/α-hetero) is 1. The fourth-order valence-electron chi connectivity index (χ4n) is 2.42. The number of nitrogens with two attached hydrogens (primary N) is 1. The average molecular weight is 355 g/mol. The highest BCUT2D eigenvalue weighted by atomic mass is 35.5. The van der Waals surface area contributed by atoms with Crippen LogP contribution in [0.5, 0.6) is 0 Å². The number of alkyl halides is 3. The van der Waals surface area contributed by atoms with Gasteiger partial charge in [0.15, 0.2) is 12.0 Å². The van der Waals surface area contributed by atoms with Crippen molar-refractivity contribution in [1.29, 1.82) is 0 Å². The van der Waals surface area contributed by atoms with Gasteiger partial charge in [-0.2, -0.15) is 13.2 Å². The Morgan fingerprint density at radius 3 is 2.62 bits per heavy atom. The van der Waals surface area contributed by atoms with Crippen molar-refractivity contribution in [2.24, 2.45) is 5.73 Å². The van der Waals surface area contributed by atoms with Crippen LogP contribution in [0.2, 0.25) is 5.02 Å². The Morgan fingerprint density at radius 1 is 1.25 bits per heavy atom. The van der Waals surface area contributed by atoms with E-state index in [1.807, 2.05) is 0 Å². The van der Waals surface area contributed by atoms with Crippen LogP contribution in [0.3, 0.4) is 0 Å². The van der Waals surface area contributed by atoms with Gasteiger partial charge in [0.1, 0.15) is 0 Å². The Kier molecular flexibility index (Phi) is 3.96. The minimum Gasteiger partial charge on any atom is -0.462 e. The summed E-state index contributed by atoms with van der Waals surface area (Å²) in [6, 6.07) is 6.40. The Balaban J connectivity index is 2.01. The standard InChI is InChI=1S/C16H10ClF3N2O2/c17-11-4-3-8(6-10(11)16(18,19)20)12-13(23)14(24-15(12)21)9-2-1-5-22-7-9/h1-7,14H,21H2. The molecule has 1 aromatic heterocycles. The number of pyridine rings is 1. The molecule has 0 aliphatic carbocycles. The zero-order valence-corrected chi connectivity index (χ0v) is 12.7. The van der Waals surface area contributed by atoms with E-state index in [1.165, 1.54) is 18.5 Å². The van der Waals surface area contributed by atoms with Gasteiger partial charge in [0.05, 0.1) is 16.2 Å². The van der Waals surface area contributed by atoms with Crippen molar-refractivity contribution in [3.8, 4) is 0 Å². The largest absolute Gasteiger partial charge is 0.462 e. The molecule has 1 unspecified atom stereocenters. The second-order valence-corrected chi connectivity index (χ2v) is 5.49. The number of ether oxygens (including phenoxy) is 1. The van der Waals surface area contributed by atoms with Gasteiger partial charge in [0.25, 0.3) is 0 Å². The number of halogens is 4. The van der Waals surface area contributed by atoms with E-state index in [-0.39, 0.29) is 17.0 Å². The van der Waals surface area contributed by atoms with Crippen molar-refractivity contribution in [2.75, 3.05) is 0 Å². The van der Waals surface area contributed by atoms with Crippen molar-refractivity contribution < 1.29 is 22.7 Å². The van der Waals surface area contributed by atoms with Crippen LogP contribution >= 0.6 is 11.6 Å². The summed E-state index contributed by atoms with van der Waals surface area (Å²) >= 11 is 5.59. The minimum atomic E-state index is -4.65. The number of hydrogen-bond acceptors (Lipinski definition) is 4. The van der Waals surface area contributed by atoms with E-state index in [4.69, 9.17) is 22.1 Å². The summed E-state index contributed by atoms with van der Waals surface area (Å²) in [5.41, 5.74) is 5.04. The quantitative estimate of drug-likeness (QED) is 0.892. The van der Waals surface area contributed by atoms with Crippen LogP contribution in [0.4, 0.5) is 13.2 Å². The molecule has 4 nitrogen and oxygen atoms in total. The van der Waals surface area contributed by atoms with Gasteiger partial charge in [0.2, 0.25) is 5.78 Å². The maximum absolute atomic E-state index is 13.0. The van der Waals surface area contributed by atoms with Gasteiger partial charge in [-0.3, -0.25) is 9.78 Å². The summed E-state index contributed by atoms with van der Waals surface area (Å²) in [5, 5.41) is -0.458. The summed E-state index contributed by atoms with van der Waals surface area (Å²) in [6.07, 6.45) is -2.72. The molecule has 0 spiro atoms. The maximum Gasteiger partial charge on any atom is 0.417 e. The third kappa shape index (κ3) is 2.82. The molecule has 3 rings (SSSR count). The Hall–Kier alpha value is -2.54. The van der Waals surface area contributed by atoms with E-state index < -0.39 is 28.6 Å². The highest BCUT2D eigenvalue weighted by molar-refractivity contribution is 6.31. The molecule has 1 aliphatic heterocycles. The molecule has 24 heavy (non-hydrogen) atoms. The van der Waals surface area contributed by atoms with Crippen LogP contribution < -0.4 is 5.73 Å². The first-order valence-electron chi connectivity index (χ1n) is 6.76. The molecule has 0 bridgehead atoms. The number of hydrogen-bond donors (Lipinski definition) is 1. The molecule has 0 fully saturated rings. The van der Waals surface area contributed by atoms with E-state index >= 15 is 0 Å². The Labute approximate surface area is 139 Å². The molecule has 1 aliphatic rings. The molecule has 1 atom stereocenters. The summed E-state index contributed by atoms with van der Waals surface area (Å²) < 4.78 is 44.3. The smallest absolute Gasteiger partial charge is 0.417 e. The highest BCUT2D eigenvalue weighted by Gasteiger charge is 2.38. The first-order valence-corrected chi connectivity index (χ1v) is 7.14. The lowest BCUT2D eigenvalue weighted by atomic mass is 9.96. The fourth-order valence-corrected chi connectivity index (χ4v) is 2.65. The van der Waals surface area contributed by atoms with E-state index in [9.17, 15) is 18.0 Å². The molecule has 2 aromatic rings. The summed E-state index contributed by atoms with van der Waals surface area (Å²) in [7, 11) is 0. The predicted octanol–water partition coefficient (Wildman–Crippen LogP) is 3.72. The van der Waals surface area contributed by atoms with E-state index in [0.29, 0.717) is 5.56 Å². The van der Waals surface area contributed by atoms with Gasteiger partial charge in [-0.1, -0.05) is 23.7 Å². The molecule has 124 valence electrons. The molecular weight excluding hydrogens is 345 g/mol. The van der Waals surface area contributed by atoms with E-state index in [0.717, 1.165) is 12.1 Å². The molecule has 1 aromatic carbocycles. The zero-order chi connectivity index (χ0) is 17.5. The summed E-state index contributed by atoms with van der Waals surface area (Å²) in [6.45, 7) is 0. The molecule has 0 saturated carbocycles. The van der Waals surface area contributed by atoms with Gasteiger partial charge in [-0.15, -0.1) is 0 Å². The zero-order valence-electron chi connectivity index (χ0n) is 12.0. The predicted molar refractivity (Wildman–Crippen MR) is 80.6 cm³/mol. The topological polar surface area (TPSA) is 65.2 Å². The molecule has 0 amide bonds. The second kappa shape index (κ2) is 5.83. The van der Waals surface area contributed by atoms with Gasteiger partial charge < -0.3 is 10.5 Å². The highest BCUT2D eigenvalue weighted by Crippen LogP contribution is 2.40. The number of ketones is 1. The first-order chi connectivity index (χ1) is 11.3. The molecule has 0 radical (unpaired) electrons. The van der Waals surface area contributed by atoms with Crippen molar-refractivity contribution in [3.05, 3.63) is 70.3 Å². The normalized spacial score (nSPS) is 18.0. The SMILES string of the molecule is NC1=C(c2ccc(Cl)c(C(F)(F)F)c2)C(=O)C(c2cccnc2)O1. The second-order valence-electron chi connectivity index (χ2n) is 5.08. The van der Waals surface area contributed by atoms with Gasteiger partial charge >= 0.3 is 6.18 Å². The van der Waals surface area contributed by atoms with Gasteiger partial charge in [-0.25, -0.2) is 0 Å². The first kappa shape index (κ1) is 16.3. The maximum atomic E-state index is 13.0. The van der Waals surface area contributed by atoms with Crippen LogP contribution in [-0.2, 0) is 15.7 Å². The molecule has 2 heterocycles. The fraction of sp³-hybridized carbons (Fsp3) is 0.125. The molecule has 2 N–H and O–H groups in total. The lowest BCUT2D eigenvalue weighted by Gasteiger charge is -2.11. The minimum absolute atomic E-state index is 0.000570. The Morgan fingerprint density at radius 2 is 2.00 bits per heavy atom. The lowest BCUT2D eigenvalue weighted by Crippen LogP contribution is -2.11. The Bertz CT molecular complexity index is 835. The average Bonchev–Trinajstić information content (AvgIpc) is 2.83. The van der Waals surface area contributed by atoms with Crippen molar-refractivity contribution >= 4 is 23.0 Å². The van der Waals surface area contributed by atoms with E-state index in [2.05, 4.69) is 4.98 Å². The van der Waals surface area contributed by atoms with Gasteiger partial charge in [0, 0.05) is 18.0 Å². The van der Waals surface area contributed by atoms with Crippen LogP contribution in [-0.4, -0.2) is 10.8 Å². The van der Waals surface area contributed by atoms with Crippen LogP contribution in [0.15, 0.2) is 48.6 Å². The van der Waals surface area contributed by atoms with Crippen molar-refractivity contribution in [2.45, 2.75) is 12.3 Å². The number of carbonyl (C=O) groups excluding carboxylic acids is 1. The third-order valence-corrected chi connectivity index (χ3v) is 3.85. The summed E-state index contributed by atoms with van der Waals surface area (Å²) in [4.78, 5) is 16.4. The number of nitrogens with zero attached hydrogens (tertiary/aromatic N) is 1.